The molecule has 1 amide bonds. The minimum absolute atomic E-state index is 0.0354. The first-order valence-corrected chi connectivity index (χ1v) is 7.32. The van der Waals surface area contributed by atoms with Gasteiger partial charge in [0.1, 0.15) is 5.75 Å². The molecule has 0 aliphatic heterocycles. The van der Waals surface area contributed by atoms with Crippen LogP contribution in [0.25, 0.3) is 0 Å². The Balaban J connectivity index is 2.18. The van der Waals surface area contributed by atoms with Gasteiger partial charge in [-0.05, 0) is 48.4 Å². The molecule has 0 radical (unpaired) electrons. The van der Waals surface area contributed by atoms with Gasteiger partial charge in [0.15, 0.2) is 11.5 Å². The summed E-state index contributed by atoms with van der Waals surface area (Å²) in [6, 6.07) is 8.06. The second-order valence-corrected chi connectivity index (χ2v) is 5.46. The number of phenols is 1. The minimum Gasteiger partial charge on any atom is -0.506 e. The number of carbonyl (C=O) groups excluding carboxylic acids is 1. The van der Waals surface area contributed by atoms with E-state index >= 15 is 0 Å². The first-order valence-electron chi connectivity index (χ1n) is 6.94. The normalized spacial score (nSPS) is 10.3. The molecule has 0 saturated heterocycles. The zero-order valence-corrected chi connectivity index (χ0v) is 13.9. The van der Waals surface area contributed by atoms with Gasteiger partial charge in [0.2, 0.25) is 5.91 Å². The fourth-order valence-corrected chi connectivity index (χ4v) is 2.36. The monoisotopic (exact) mass is 335 g/mol. The highest BCUT2D eigenvalue weighted by atomic mass is 35.5. The number of ether oxygens (including phenoxy) is 2. The van der Waals surface area contributed by atoms with E-state index in [0.29, 0.717) is 16.5 Å². The number of amides is 1. The number of methoxy groups -OCH3 is 2. The number of aryl methyl sites for hydroxylation is 1. The standard InChI is InChI=1S/C17H18ClNO4/c1-10-6-15(22-2)16(23-3)7-11(10)8-17(21)19-13-9-12(18)4-5-14(13)20/h4-7,9,20H,8H2,1-3H3,(H,19,21). The lowest BCUT2D eigenvalue weighted by Gasteiger charge is -2.13. The third kappa shape index (κ3) is 4.07. The maximum atomic E-state index is 12.2. The number of halogens is 1. The van der Waals surface area contributed by atoms with E-state index in [4.69, 9.17) is 21.1 Å². The van der Waals surface area contributed by atoms with Crippen LogP contribution in [0.1, 0.15) is 11.1 Å². The van der Waals surface area contributed by atoms with E-state index in [1.165, 1.54) is 12.1 Å². The molecule has 0 aromatic heterocycles. The fourth-order valence-electron chi connectivity index (χ4n) is 2.19. The van der Waals surface area contributed by atoms with Crippen LogP contribution in [0.4, 0.5) is 5.69 Å². The Hall–Kier alpha value is -2.40. The average molecular weight is 336 g/mol. The maximum Gasteiger partial charge on any atom is 0.228 e. The molecule has 0 fully saturated rings. The van der Waals surface area contributed by atoms with Gasteiger partial charge in [0, 0.05) is 5.02 Å². The van der Waals surface area contributed by atoms with Crippen molar-refractivity contribution in [3.63, 3.8) is 0 Å². The molecule has 0 bridgehead atoms. The van der Waals surface area contributed by atoms with Crippen LogP contribution in [0.5, 0.6) is 17.2 Å². The summed E-state index contributed by atoms with van der Waals surface area (Å²) in [5.74, 6) is 0.873. The molecule has 122 valence electrons. The van der Waals surface area contributed by atoms with E-state index in [9.17, 15) is 9.90 Å². The van der Waals surface area contributed by atoms with Crippen molar-refractivity contribution in [2.24, 2.45) is 0 Å². The van der Waals surface area contributed by atoms with Crippen molar-refractivity contribution >= 4 is 23.2 Å². The molecule has 0 atom stereocenters. The van der Waals surface area contributed by atoms with Crippen molar-refractivity contribution in [3.8, 4) is 17.2 Å². The molecule has 2 aromatic rings. The van der Waals surface area contributed by atoms with Gasteiger partial charge < -0.3 is 19.9 Å². The van der Waals surface area contributed by atoms with E-state index in [2.05, 4.69) is 5.32 Å². The Morgan fingerprint density at radius 1 is 1.17 bits per heavy atom. The molecule has 0 heterocycles. The first-order chi connectivity index (χ1) is 10.9. The Labute approximate surface area is 139 Å². The Kier molecular flexibility index (Phi) is 5.34. The number of hydrogen-bond acceptors (Lipinski definition) is 4. The van der Waals surface area contributed by atoms with Crippen LogP contribution in [0, 0.1) is 6.92 Å². The van der Waals surface area contributed by atoms with Crippen LogP contribution in [-0.2, 0) is 11.2 Å². The number of carbonyl (C=O) groups is 1. The second kappa shape index (κ2) is 7.24. The lowest BCUT2D eigenvalue weighted by molar-refractivity contribution is -0.115. The molecule has 2 rings (SSSR count). The van der Waals surface area contributed by atoms with Crippen LogP contribution in [-0.4, -0.2) is 25.2 Å². The van der Waals surface area contributed by atoms with E-state index < -0.39 is 0 Å². The van der Waals surface area contributed by atoms with Crippen LogP contribution < -0.4 is 14.8 Å². The maximum absolute atomic E-state index is 12.2. The zero-order chi connectivity index (χ0) is 17.0. The summed E-state index contributed by atoms with van der Waals surface area (Å²) in [6.45, 7) is 1.89. The molecule has 0 unspecified atom stereocenters. The highest BCUT2D eigenvalue weighted by Crippen LogP contribution is 2.31. The van der Waals surface area contributed by atoms with Crippen molar-refractivity contribution < 1.29 is 19.4 Å². The van der Waals surface area contributed by atoms with E-state index in [1.807, 2.05) is 13.0 Å². The van der Waals surface area contributed by atoms with Crippen molar-refractivity contribution in [3.05, 3.63) is 46.5 Å². The third-order valence-electron chi connectivity index (χ3n) is 3.43. The molecule has 2 aromatic carbocycles. The number of rotatable bonds is 5. The van der Waals surface area contributed by atoms with Gasteiger partial charge in [-0.25, -0.2) is 0 Å². The second-order valence-electron chi connectivity index (χ2n) is 5.02. The summed E-state index contributed by atoms with van der Waals surface area (Å²) in [6.07, 6.45) is 0.137. The van der Waals surface area contributed by atoms with Crippen molar-refractivity contribution in [1.29, 1.82) is 0 Å². The number of hydrogen-bond donors (Lipinski definition) is 2. The first kappa shape index (κ1) is 17.0. The van der Waals surface area contributed by atoms with Crippen molar-refractivity contribution in [2.45, 2.75) is 13.3 Å². The van der Waals surface area contributed by atoms with Crippen LogP contribution in [0.3, 0.4) is 0 Å². The number of phenolic OH excluding ortho intramolecular Hbond substituents is 1. The third-order valence-corrected chi connectivity index (χ3v) is 3.66. The molecule has 0 aliphatic carbocycles. The summed E-state index contributed by atoms with van der Waals surface area (Å²) >= 11 is 5.87. The number of anilines is 1. The molecular weight excluding hydrogens is 318 g/mol. The Morgan fingerprint density at radius 2 is 1.83 bits per heavy atom. The van der Waals surface area contributed by atoms with E-state index in [-0.39, 0.29) is 23.8 Å². The van der Waals surface area contributed by atoms with Crippen LogP contribution in [0.2, 0.25) is 5.02 Å². The number of aromatic hydroxyl groups is 1. The van der Waals surface area contributed by atoms with Gasteiger partial charge in [0.05, 0.1) is 26.3 Å². The summed E-state index contributed by atoms with van der Waals surface area (Å²) in [5.41, 5.74) is 2.00. The number of nitrogens with one attached hydrogen (secondary N) is 1. The molecule has 0 aliphatic rings. The summed E-state index contributed by atoms with van der Waals surface area (Å²) in [5, 5.41) is 12.8. The topological polar surface area (TPSA) is 67.8 Å². The lowest BCUT2D eigenvalue weighted by Crippen LogP contribution is -2.15. The average Bonchev–Trinajstić information content (AvgIpc) is 2.52. The van der Waals surface area contributed by atoms with Crippen molar-refractivity contribution in [2.75, 3.05) is 19.5 Å². The highest BCUT2D eigenvalue weighted by Gasteiger charge is 2.13. The molecule has 0 saturated carbocycles. The zero-order valence-electron chi connectivity index (χ0n) is 13.1. The lowest BCUT2D eigenvalue weighted by atomic mass is 10.0. The van der Waals surface area contributed by atoms with Gasteiger partial charge in [0.25, 0.3) is 0 Å². The quantitative estimate of drug-likeness (QED) is 0.820. The molecular formula is C17H18ClNO4. The molecule has 6 heteroatoms. The SMILES string of the molecule is COc1cc(C)c(CC(=O)Nc2cc(Cl)ccc2O)cc1OC. The smallest absolute Gasteiger partial charge is 0.228 e. The van der Waals surface area contributed by atoms with Gasteiger partial charge in [-0.2, -0.15) is 0 Å². The van der Waals surface area contributed by atoms with Gasteiger partial charge in [-0.1, -0.05) is 11.6 Å². The van der Waals surface area contributed by atoms with E-state index in [0.717, 1.165) is 11.1 Å². The van der Waals surface area contributed by atoms with Crippen molar-refractivity contribution in [1.82, 2.24) is 0 Å². The van der Waals surface area contributed by atoms with Crippen LogP contribution >= 0.6 is 11.6 Å². The molecule has 0 spiro atoms. The van der Waals surface area contributed by atoms with Crippen LogP contribution in [0.15, 0.2) is 30.3 Å². The Morgan fingerprint density at radius 3 is 2.48 bits per heavy atom. The van der Waals surface area contributed by atoms with Gasteiger partial charge in [-0.3, -0.25) is 4.79 Å². The molecule has 2 N–H and O–H groups in total. The minimum atomic E-state index is -0.266. The molecule has 23 heavy (non-hydrogen) atoms. The summed E-state index contributed by atoms with van der Waals surface area (Å²) < 4.78 is 10.5. The Bertz CT molecular complexity index is 731. The van der Waals surface area contributed by atoms with E-state index in [1.54, 1.807) is 26.4 Å². The predicted octanol–water partition coefficient (Wildman–Crippen LogP) is 3.55. The summed E-state index contributed by atoms with van der Waals surface area (Å²) in [4.78, 5) is 12.2. The van der Waals surface area contributed by atoms with Gasteiger partial charge >= 0.3 is 0 Å². The number of benzene rings is 2. The largest absolute Gasteiger partial charge is 0.506 e. The fraction of sp³-hybridized carbons (Fsp3) is 0.235. The predicted molar refractivity (Wildman–Crippen MR) is 89.7 cm³/mol. The highest BCUT2D eigenvalue weighted by molar-refractivity contribution is 6.31. The molecule has 5 nitrogen and oxygen atoms in total. The van der Waals surface area contributed by atoms with Gasteiger partial charge in [-0.15, -0.1) is 0 Å². The summed E-state index contributed by atoms with van der Waals surface area (Å²) in [7, 11) is 3.10.